The van der Waals surface area contributed by atoms with Crippen molar-refractivity contribution in [2.75, 3.05) is 18.5 Å². The van der Waals surface area contributed by atoms with E-state index in [1.165, 1.54) is 29.5 Å². The number of carbonyl (C=O) groups excluding carboxylic acids is 1. The molecule has 2 aromatic carbocycles. The lowest BCUT2D eigenvalue weighted by Crippen LogP contribution is -2.35. The summed E-state index contributed by atoms with van der Waals surface area (Å²) in [7, 11) is 1.72. The third-order valence-corrected chi connectivity index (χ3v) is 6.40. The summed E-state index contributed by atoms with van der Waals surface area (Å²) in [5.41, 5.74) is 2.80. The SMILES string of the molecule is Cc1cccc(-n2nc(C)c3sc(N(C)CC(=O)NCc4ccccc4C(F)(F)F)nc32)c1. The molecule has 0 spiro atoms. The fourth-order valence-electron chi connectivity index (χ4n) is 3.51. The zero-order chi connectivity index (χ0) is 23.8. The van der Waals surface area contributed by atoms with Gasteiger partial charge in [-0.15, -0.1) is 0 Å². The number of alkyl halides is 3. The number of fused-ring (bicyclic) bond motifs is 1. The zero-order valence-electron chi connectivity index (χ0n) is 18.3. The minimum atomic E-state index is -4.47. The number of aromatic nitrogens is 3. The first kappa shape index (κ1) is 22.8. The first-order valence-corrected chi connectivity index (χ1v) is 11.0. The van der Waals surface area contributed by atoms with Crippen molar-refractivity contribution in [1.82, 2.24) is 20.1 Å². The van der Waals surface area contributed by atoms with Gasteiger partial charge in [0.25, 0.3) is 0 Å². The van der Waals surface area contributed by atoms with Crippen molar-refractivity contribution in [2.45, 2.75) is 26.6 Å². The summed E-state index contributed by atoms with van der Waals surface area (Å²) in [5, 5.41) is 7.78. The molecule has 1 N–H and O–H groups in total. The lowest BCUT2D eigenvalue weighted by atomic mass is 10.1. The maximum Gasteiger partial charge on any atom is 0.416 e. The molecular formula is C23H22F3N5OS. The summed E-state index contributed by atoms with van der Waals surface area (Å²) < 4.78 is 42.1. The molecule has 0 aliphatic rings. The first-order valence-electron chi connectivity index (χ1n) is 10.2. The van der Waals surface area contributed by atoms with Crippen LogP contribution < -0.4 is 10.2 Å². The van der Waals surface area contributed by atoms with E-state index in [4.69, 9.17) is 0 Å². The minimum Gasteiger partial charge on any atom is -0.350 e. The van der Waals surface area contributed by atoms with E-state index in [0.29, 0.717) is 10.8 Å². The van der Waals surface area contributed by atoms with Crippen molar-refractivity contribution in [3.8, 4) is 5.69 Å². The Hall–Kier alpha value is -3.40. The van der Waals surface area contributed by atoms with E-state index >= 15 is 0 Å². The smallest absolute Gasteiger partial charge is 0.350 e. The van der Waals surface area contributed by atoms with Gasteiger partial charge in [0.2, 0.25) is 5.91 Å². The van der Waals surface area contributed by atoms with Crippen LogP contribution in [0.5, 0.6) is 0 Å². The quantitative estimate of drug-likeness (QED) is 0.434. The average Bonchev–Trinajstić information content (AvgIpc) is 3.32. The summed E-state index contributed by atoms with van der Waals surface area (Å²) in [6.07, 6.45) is -4.47. The topological polar surface area (TPSA) is 63.1 Å². The molecule has 0 unspecified atom stereocenters. The van der Waals surface area contributed by atoms with Crippen LogP contribution in [0.4, 0.5) is 18.3 Å². The highest BCUT2D eigenvalue weighted by Gasteiger charge is 2.32. The van der Waals surface area contributed by atoms with Gasteiger partial charge in [0.15, 0.2) is 10.8 Å². The van der Waals surface area contributed by atoms with Crippen LogP contribution in [0, 0.1) is 13.8 Å². The van der Waals surface area contributed by atoms with Gasteiger partial charge in [0.1, 0.15) is 0 Å². The van der Waals surface area contributed by atoms with Crippen molar-refractivity contribution in [3.63, 3.8) is 0 Å². The summed E-state index contributed by atoms with van der Waals surface area (Å²) in [4.78, 5) is 18.8. The van der Waals surface area contributed by atoms with Crippen molar-refractivity contribution in [3.05, 3.63) is 70.9 Å². The van der Waals surface area contributed by atoms with E-state index in [9.17, 15) is 18.0 Å². The molecule has 0 radical (unpaired) electrons. The standard InChI is InChI=1S/C23H22F3N5OS/c1-14-7-6-9-17(11-14)31-21-20(15(2)29-31)33-22(28-21)30(3)13-19(32)27-12-16-8-4-5-10-18(16)23(24,25)26/h4-11H,12-13H2,1-3H3,(H,27,32). The van der Waals surface area contributed by atoms with E-state index in [1.807, 2.05) is 38.1 Å². The maximum atomic E-state index is 13.2. The van der Waals surface area contributed by atoms with Crippen molar-refractivity contribution < 1.29 is 18.0 Å². The Balaban J connectivity index is 1.48. The molecule has 0 fully saturated rings. The second-order valence-electron chi connectivity index (χ2n) is 7.77. The van der Waals surface area contributed by atoms with Gasteiger partial charge in [0, 0.05) is 13.6 Å². The largest absolute Gasteiger partial charge is 0.416 e. The number of aryl methyl sites for hydroxylation is 2. The van der Waals surface area contributed by atoms with Crippen molar-refractivity contribution in [1.29, 1.82) is 0 Å². The van der Waals surface area contributed by atoms with E-state index in [0.717, 1.165) is 27.7 Å². The number of hydrogen-bond acceptors (Lipinski definition) is 5. The number of halogens is 3. The Morgan fingerprint density at radius 3 is 2.64 bits per heavy atom. The van der Waals surface area contributed by atoms with Crippen LogP contribution in [-0.2, 0) is 17.5 Å². The van der Waals surface area contributed by atoms with Crippen molar-refractivity contribution >= 4 is 32.7 Å². The highest BCUT2D eigenvalue weighted by molar-refractivity contribution is 7.22. The molecule has 6 nitrogen and oxygen atoms in total. The van der Waals surface area contributed by atoms with E-state index in [1.54, 1.807) is 16.6 Å². The Morgan fingerprint density at radius 1 is 1.15 bits per heavy atom. The predicted molar refractivity (Wildman–Crippen MR) is 123 cm³/mol. The number of thiazole rings is 1. The van der Waals surface area contributed by atoms with Crippen LogP contribution in [-0.4, -0.2) is 34.3 Å². The molecule has 10 heteroatoms. The molecule has 2 aromatic heterocycles. The van der Waals surface area contributed by atoms with Gasteiger partial charge in [-0.1, -0.05) is 41.7 Å². The minimum absolute atomic E-state index is 0.0230. The number of benzene rings is 2. The number of hydrogen-bond donors (Lipinski definition) is 1. The number of nitrogens with zero attached hydrogens (tertiary/aromatic N) is 4. The van der Waals surface area contributed by atoms with Gasteiger partial charge in [-0.25, -0.2) is 4.68 Å². The first-order chi connectivity index (χ1) is 15.6. The number of likely N-dealkylation sites (N-methyl/N-ethyl adjacent to an activating group) is 1. The van der Waals surface area contributed by atoms with Gasteiger partial charge in [-0.2, -0.15) is 23.3 Å². The second kappa shape index (κ2) is 8.86. The maximum absolute atomic E-state index is 13.2. The van der Waals surface area contributed by atoms with Crippen LogP contribution in [0.25, 0.3) is 16.0 Å². The highest BCUT2D eigenvalue weighted by atomic mass is 32.1. The Labute approximate surface area is 192 Å². The molecule has 0 bridgehead atoms. The molecule has 0 atom stereocenters. The molecule has 172 valence electrons. The van der Waals surface area contributed by atoms with Crippen LogP contribution in [0.1, 0.15) is 22.4 Å². The molecular weight excluding hydrogens is 451 g/mol. The molecule has 4 aromatic rings. The number of carbonyl (C=O) groups is 1. The Morgan fingerprint density at radius 2 is 1.91 bits per heavy atom. The fourth-order valence-corrected chi connectivity index (χ4v) is 4.46. The molecule has 2 heterocycles. The van der Waals surface area contributed by atoms with E-state index in [-0.39, 0.29) is 18.7 Å². The van der Waals surface area contributed by atoms with E-state index < -0.39 is 17.6 Å². The molecule has 33 heavy (non-hydrogen) atoms. The predicted octanol–water partition coefficient (Wildman–Crippen LogP) is 4.87. The third-order valence-electron chi connectivity index (χ3n) is 5.13. The molecule has 0 aliphatic carbocycles. The van der Waals surface area contributed by atoms with Gasteiger partial charge in [0.05, 0.1) is 28.2 Å². The average molecular weight is 474 g/mol. The summed E-state index contributed by atoms with van der Waals surface area (Å²) in [6.45, 7) is 3.66. The van der Waals surface area contributed by atoms with Gasteiger partial charge >= 0.3 is 6.18 Å². The number of nitrogens with one attached hydrogen (secondary N) is 1. The Kier molecular flexibility index (Phi) is 6.11. The molecule has 1 amide bonds. The fraction of sp³-hybridized carbons (Fsp3) is 0.261. The second-order valence-corrected chi connectivity index (χ2v) is 8.75. The Bertz CT molecular complexity index is 1310. The van der Waals surface area contributed by atoms with Gasteiger partial charge in [-0.05, 0) is 43.2 Å². The van der Waals surface area contributed by atoms with Crippen LogP contribution in [0.3, 0.4) is 0 Å². The summed E-state index contributed by atoms with van der Waals surface area (Å²) in [6, 6.07) is 13.1. The summed E-state index contributed by atoms with van der Waals surface area (Å²) >= 11 is 1.42. The lowest BCUT2D eigenvalue weighted by Gasteiger charge is -2.16. The van der Waals surface area contributed by atoms with E-state index in [2.05, 4.69) is 15.4 Å². The number of rotatable bonds is 6. The molecule has 0 saturated carbocycles. The molecule has 4 rings (SSSR count). The van der Waals surface area contributed by atoms with Gasteiger partial charge < -0.3 is 10.2 Å². The van der Waals surface area contributed by atoms with Crippen molar-refractivity contribution in [2.24, 2.45) is 0 Å². The third kappa shape index (κ3) is 4.85. The lowest BCUT2D eigenvalue weighted by molar-refractivity contribution is -0.138. The number of amides is 1. The van der Waals surface area contributed by atoms with Crippen LogP contribution in [0.15, 0.2) is 48.5 Å². The number of anilines is 1. The zero-order valence-corrected chi connectivity index (χ0v) is 19.1. The highest BCUT2D eigenvalue weighted by Crippen LogP contribution is 2.33. The van der Waals surface area contributed by atoms with Crippen LogP contribution >= 0.6 is 11.3 Å². The van der Waals surface area contributed by atoms with Crippen LogP contribution in [0.2, 0.25) is 0 Å². The normalized spacial score (nSPS) is 11.7. The summed E-state index contributed by atoms with van der Waals surface area (Å²) in [5.74, 6) is -0.397. The molecule has 0 saturated heterocycles. The molecule has 0 aliphatic heterocycles. The monoisotopic (exact) mass is 473 g/mol. The van der Waals surface area contributed by atoms with Gasteiger partial charge in [-0.3, -0.25) is 4.79 Å².